The Balaban J connectivity index is 1.67. The number of benzene rings is 2. The van der Waals surface area contributed by atoms with E-state index in [0.717, 1.165) is 22.6 Å². The van der Waals surface area contributed by atoms with E-state index in [2.05, 4.69) is 10.2 Å². The van der Waals surface area contributed by atoms with Crippen molar-refractivity contribution in [1.29, 1.82) is 0 Å². The summed E-state index contributed by atoms with van der Waals surface area (Å²) in [7, 11) is 1.73. The lowest BCUT2D eigenvalue weighted by atomic mass is 10.1. The largest absolute Gasteiger partial charge is 0.482 e. The van der Waals surface area contributed by atoms with Crippen LogP contribution in [0.4, 0.5) is 13.2 Å². The van der Waals surface area contributed by atoms with Gasteiger partial charge in [-0.15, -0.1) is 22.0 Å². The third-order valence-corrected chi connectivity index (χ3v) is 5.57. The van der Waals surface area contributed by atoms with E-state index in [0.29, 0.717) is 35.3 Å². The topological polar surface area (TPSA) is 66.2 Å². The summed E-state index contributed by atoms with van der Waals surface area (Å²) in [6, 6.07) is 10.6. The first-order chi connectivity index (χ1) is 15.2. The van der Waals surface area contributed by atoms with Gasteiger partial charge in [0, 0.05) is 17.5 Å². The molecule has 32 heavy (non-hydrogen) atoms. The fourth-order valence-electron chi connectivity index (χ4n) is 2.93. The van der Waals surface area contributed by atoms with Crippen LogP contribution in [0.15, 0.2) is 47.4 Å². The molecule has 0 fully saturated rings. The summed E-state index contributed by atoms with van der Waals surface area (Å²) < 4.78 is 51.0. The van der Waals surface area contributed by atoms with Crippen LogP contribution in [0.5, 0.6) is 5.75 Å². The predicted molar refractivity (Wildman–Crippen MR) is 114 cm³/mol. The van der Waals surface area contributed by atoms with Crippen LogP contribution in [0.25, 0.3) is 11.4 Å². The zero-order chi connectivity index (χ0) is 23.3. The van der Waals surface area contributed by atoms with E-state index in [9.17, 15) is 18.0 Å². The number of rotatable bonds is 8. The van der Waals surface area contributed by atoms with Crippen molar-refractivity contribution < 1.29 is 27.4 Å². The van der Waals surface area contributed by atoms with Gasteiger partial charge < -0.3 is 14.0 Å². The molecule has 0 saturated carbocycles. The van der Waals surface area contributed by atoms with Crippen LogP contribution in [0, 0.1) is 6.92 Å². The molecular weight excluding hydrogens is 443 g/mol. The van der Waals surface area contributed by atoms with Crippen LogP contribution >= 0.6 is 11.8 Å². The molecule has 0 aliphatic rings. The Labute approximate surface area is 187 Å². The van der Waals surface area contributed by atoms with Crippen LogP contribution < -0.4 is 4.74 Å². The average molecular weight is 465 g/mol. The molecule has 2 aromatic carbocycles. The molecule has 0 atom stereocenters. The molecule has 10 heteroatoms. The predicted octanol–water partition coefficient (Wildman–Crippen LogP) is 5.04. The minimum Gasteiger partial charge on any atom is -0.482 e. The number of carbonyl (C=O) groups is 1. The molecule has 0 amide bonds. The maximum Gasteiger partial charge on any atom is 0.416 e. The van der Waals surface area contributed by atoms with Crippen LogP contribution in [0.1, 0.15) is 23.9 Å². The Morgan fingerprint density at radius 1 is 1.16 bits per heavy atom. The van der Waals surface area contributed by atoms with Gasteiger partial charge >= 0.3 is 12.1 Å². The van der Waals surface area contributed by atoms with Gasteiger partial charge in [-0.05, 0) is 49.7 Å². The Morgan fingerprint density at radius 3 is 2.62 bits per heavy atom. The van der Waals surface area contributed by atoms with Crippen molar-refractivity contribution in [3.63, 3.8) is 0 Å². The number of alkyl halides is 3. The molecule has 3 aromatic rings. The van der Waals surface area contributed by atoms with Crippen LogP contribution in [0.2, 0.25) is 0 Å². The molecule has 1 aromatic heterocycles. The van der Waals surface area contributed by atoms with Crippen molar-refractivity contribution in [2.75, 3.05) is 13.2 Å². The molecule has 0 spiro atoms. The van der Waals surface area contributed by atoms with Crippen molar-refractivity contribution in [1.82, 2.24) is 14.8 Å². The van der Waals surface area contributed by atoms with Gasteiger partial charge in [-0.2, -0.15) is 13.2 Å². The summed E-state index contributed by atoms with van der Waals surface area (Å²) in [5.74, 6) is 1.63. The monoisotopic (exact) mass is 465 g/mol. The van der Waals surface area contributed by atoms with E-state index in [1.165, 1.54) is 17.8 Å². The van der Waals surface area contributed by atoms with E-state index in [1.807, 2.05) is 19.1 Å². The smallest absolute Gasteiger partial charge is 0.416 e. The number of nitrogens with zero attached hydrogens (tertiary/aromatic N) is 3. The highest BCUT2D eigenvalue weighted by Gasteiger charge is 2.30. The molecular formula is C22H22F3N3O3S. The Hall–Kier alpha value is -3.01. The lowest BCUT2D eigenvalue weighted by Gasteiger charge is -2.10. The third-order valence-electron chi connectivity index (χ3n) is 4.58. The number of ether oxygens (including phenoxy) is 2. The highest BCUT2D eigenvalue weighted by molar-refractivity contribution is 7.98. The number of halogens is 3. The van der Waals surface area contributed by atoms with Gasteiger partial charge in [-0.1, -0.05) is 12.1 Å². The Bertz CT molecular complexity index is 1100. The maximum absolute atomic E-state index is 13.0. The van der Waals surface area contributed by atoms with Crippen molar-refractivity contribution in [2.45, 2.75) is 30.7 Å². The van der Waals surface area contributed by atoms with Gasteiger partial charge in [0.05, 0.1) is 17.9 Å². The average Bonchev–Trinajstić information content (AvgIpc) is 3.11. The third kappa shape index (κ3) is 5.82. The summed E-state index contributed by atoms with van der Waals surface area (Å²) in [6.07, 6.45) is -4.42. The lowest BCUT2D eigenvalue weighted by Crippen LogP contribution is -2.14. The van der Waals surface area contributed by atoms with E-state index >= 15 is 0 Å². The molecule has 0 unspecified atom stereocenters. The zero-order valence-corrected chi connectivity index (χ0v) is 18.6. The zero-order valence-electron chi connectivity index (χ0n) is 17.8. The molecule has 0 aliphatic heterocycles. The second-order valence-electron chi connectivity index (χ2n) is 6.89. The molecule has 0 N–H and O–H groups in total. The second kappa shape index (κ2) is 10.1. The van der Waals surface area contributed by atoms with Crippen molar-refractivity contribution in [2.24, 2.45) is 7.05 Å². The Morgan fingerprint density at radius 2 is 1.94 bits per heavy atom. The normalized spacial score (nSPS) is 11.4. The van der Waals surface area contributed by atoms with E-state index in [4.69, 9.17) is 9.47 Å². The minimum absolute atomic E-state index is 0.154. The first-order valence-corrected chi connectivity index (χ1v) is 10.8. The molecule has 0 radical (unpaired) electrons. The van der Waals surface area contributed by atoms with Crippen molar-refractivity contribution in [3.05, 3.63) is 59.4 Å². The molecule has 6 nitrogen and oxygen atoms in total. The summed E-state index contributed by atoms with van der Waals surface area (Å²) in [5.41, 5.74) is 0.488. The molecule has 0 aliphatic carbocycles. The minimum atomic E-state index is -4.42. The number of hydrogen-bond acceptors (Lipinski definition) is 6. The standard InChI is InChI=1S/C22H22F3N3O3S/c1-4-30-20(29)12-31-18-9-8-17(10-14(18)2)32-13-19-26-27-21(28(19)3)15-6-5-7-16(11-15)22(23,24)25/h5-11H,4,12-13H2,1-3H3. The summed E-state index contributed by atoms with van der Waals surface area (Å²) in [5, 5.41) is 8.22. The fourth-order valence-corrected chi connectivity index (χ4v) is 3.91. The van der Waals surface area contributed by atoms with Gasteiger partial charge in [0.1, 0.15) is 11.6 Å². The molecule has 0 saturated heterocycles. The molecule has 3 rings (SSSR count). The summed E-state index contributed by atoms with van der Waals surface area (Å²) in [6.45, 7) is 3.75. The van der Waals surface area contributed by atoms with Gasteiger partial charge in [0.15, 0.2) is 12.4 Å². The number of hydrogen-bond donors (Lipinski definition) is 0. The summed E-state index contributed by atoms with van der Waals surface area (Å²) >= 11 is 1.51. The van der Waals surface area contributed by atoms with Gasteiger partial charge in [0.25, 0.3) is 0 Å². The van der Waals surface area contributed by atoms with E-state index in [-0.39, 0.29) is 6.61 Å². The first kappa shape index (κ1) is 23.6. The van der Waals surface area contributed by atoms with Gasteiger partial charge in [-0.25, -0.2) is 4.79 Å². The van der Waals surface area contributed by atoms with Gasteiger partial charge in [-0.3, -0.25) is 0 Å². The second-order valence-corrected chi connectivity index (χ2v) is 7.94. The highest BCUT2D eigenvalue weighted by Crippen LogP contribution is 2.32. The van der Waals surface area contributed by atoms with E-state index < -0.39 is 17.7 Å². The number of aromatic nitrogens is 3. The van der Waals surface area contributed by atoms with Crippen molar-refractivity contribution >= 4 is 17.7 Å². The van der Waals surface area contributed by atoms with Gasteiger partial charge in [0.2, 0.25) is 0 Å². The van der Waals surface area contributed by atoms with E-state index in [1.54, 1.807) is 30.7 Å². The lowest BCUT2D eigenvalue weighted by molar-refractivity contribution is -0.145. The first-order valence-electron chi connectivity index (χ1n) is 9.76. The van der Waals surface area contributed by atoms with Crippen LogP contribution in [0.3, 0.4) is 0 Å². The molecule has 1 heterocycles. The maximum atomic E-state index is 13.0. The fraction of sp³-hybridized carbons (Fsp3) is 0.318. The molecule has 0 bridgehead atoms. The SMILES string of the molecule is CCOC(=O)COc1ccc(SCc2nnc(-c3cccc(C(F)(F)F)c3)n2C)cc1C. The number of esters is 1. The Kier molecular flexibility index (Phi) is 7.44. The number of aryl methyl sites for hydroxylation is 1. The quantitative estimate of drug-likeness (QED) is 0.343. The number of thioether (sulfide) groups is 1. The van der Waals surface area contributed by atoms with Crippen molar-refractivity contribution in [3.8, 4) is 17.1 Å². The summed E-state index contributed by atoms with van der Waals surface area (Å²) in [4.78, 5) is 12.4. The van der Waals surface area contributed by atoms with Crippen LogP contribution in [-0.2, 0) is 28.5 Å². The molecule has 170 valence electrons. The van der Waals surface area contributed by atoms with Crippen LogP contribution in [-0.4, -0.2) is 33.9 Å². The highest BCUT2D eigenvalue weighted by atomic mass is 32.2. The number of carbonyl (C=O) groups excluding carboxylic acids is 1.